The van der Waals surface area contributed by atoms with Gasteiger partial charge in [-0.1, -0.05) is 12.1 Å². The third-order valence-corrected chi connectivity index (χ3v) is 6.28. The summed E-state index contributed by atoms with van der Waals surface area (Å²) in [6.07, 6.45) is 3.32. The third kappa shape index (κ3) is 3.65. The second-order valence-corrected chi connectivity index (χ2v) is 8.40. The van der Waals surface area contributed by atoms with E-state index in [4.69, 9.17) is 0 Å². The number of nitrogens with one attached hydrogen (secondary N) is 1. The first-order chi connectivity index (χ1) is 11.9. The Kier molecular flexibility index (Phi) is 5.03. The number of hydrogen-bond donors (Lipinski definition) is 1. The van der Waals surface area contributed by atoms with Crippen LogP contribution in [0.15, 0.2) is 36.5 Å². The summed E-state index contributed by atoms with van der Waals surface area (Å²) in [4.78, 5) is 8.95. The molecule has 1 saturated heterocycles. The quantitative estimate of drug-likeness (QED) is 0.885. The van der Waals surface area contributed by atoms with Crippen molar-refractivity contribution in [3.8, 4) is 0 Å². The molecule has 2 aromatic heterocycles. The molecule has 7 nitrogen and oxygen atoms in total. The van der Waals surface area contributed by atoms with Gasteiger partial charge in [0, 0.05) is 26.8 Å². The monoisotopic (exact) mass is 361 g/mol. The van der Waals surface area contributed by atoms with Crippen molar-refractivity contribution < 1.29 is 8.42 Å². The van der Waals surface area contributed by atoms with Gasteiger partial charge in [0.05, 0.1) is 11.7 Å². The van der Waals surface area contributed by atoms with Gasteiger partial charge >= 0.3 is 0 Å². The number of rotatable bonds is 5. The number of hydrogen-bond acceptors (Lipinski definition) is 5. The Bertz CT molecular complexity index is 854. The SMILES string of the molecule is Cc1cccnc1Nc1cccc(C2CCCN2S(=O)(=O)N(C)C)n1. The molecule has 0 saturated carbocycles. The van der Waals surface area contributed by atoms with Crippen LogP contribution in [-0.4, -0.2) is 47.6 Å². The van der Waals surface area contributed by atoms with Crippen LogP contribution >= 0.6 is 0 Å². The maximum Gasteiger partial charge on any atom is 0.282 e. The third-order valence-electron chi connectivity index (χ3n) is 4.33. The highest BCUT2D eigenvalue weighted by Gasteiger charge is 2.37. The normalized spacial score (nSPS) is 18.6. The van der Waals surface area contributed by atoms with Gasteiger partial charge in [-0.3, -0.25) is 0 Å². The van der Waals surface area contributed by atoms with Crippen LogP contribution in [-0.2, 0) is 10.2 Å². The van der Waals surface area contributed by atoms with Crippen molar-refractivity contribution in [2.75, 3.05) is 26.0 Å². The van der Waals surface area contributed by atoms with E-state index in [0.29, 0.717) is 12.4 Å². The first-order valence-electron chi connectivity index (χ1n) is 8.24. The lowest BCUT2D eigenvalue weighted by Crippen LogP contribution is -2.39. The molecule has 0 amide bonds. The Hall–Kier alpha value is -2.03. The smallest absolute Gasteiger partial charge is 0.282 e. The highest BCUT2D eigenvalue weighted by Crippen LogP contribution is 2.34. The summed E-state index contributed by atoms with van der Waals surface area (Å²) in [5.41, 5.74) is 1.77. The predicted molar refractivity (Wildman–Crippen MR) is 97.8 cm³/mol. The van der Waals surface area contributed by atoms with Crippen molar-refractivity contribution in [3.63, 3.8) is 0 Å². The van der Waals surface area contributed by atoms with Crippen molar-refractivity contribution in [2.45, 2.75) is 25.8 Å². The van der Waals surface area contributed by atoms with Gasteiger partial charge in [0.2, 0.25) is 0 Å². The summed E-state index contributed by atoms with van der Waals surface area (Å²) < 4.78 is 27.9. The first-order valence-corrected chi connectivity index (χ1v) is 9.64. The molecule has 3 heterocycles. The van der Waals surface area contributed by atoms with Crippen molar-refractivity contribution in [3.05, 3.63) is 47.8 Å². The van der Waals surface area contributed by atoms with E-state index in [9.17, 15) is 8.42 Å². The fourth-order valence-electron chi connectivity index (χ4n) is 2.97. The zero-order valence-electron chi connectivity index (χ0n) is 14.7. The molecular formula is C17H23N5O2S. The molecule has 1 atom stereocenters. The van der Waals surface area contributed by atoms with Crippen LogP contribution in [0, 0.1) is 6.92 Å². The van der Waals surface area contributed by atoms with Gasteiger partial charge in [0.15, 0.2) is 0 Å². The van der Waals surface area contributed by atoms with Gasteiger partial charge in [-0.25, -0.2) is 9.97 Å². The van der Waals surface area contributed by atoms with Crippen molar-refractivity contribution >= 4 is 21.8 Å². The van der Waals surface area contributed by atoms with Gasteiger partial charge < -0.3 is 5.32 Å². The highest BCUT2D eigenvalue weighted by atomic mass is 32.2. The summed E-state index contributed by atoms with van der Waals surface area (Å²) in [7, 11) is -0.347. The van der Waals surface area contributed by atoms with Gasteiger partial charge in [0.25, 0.3) is 10.2 Å². The Morgan fingerprint density at radius 1 is 1.24 bits per heavy atom. The van der Waals surface area contributed by atoms with E-state index in [0.717, 1.165) is 29.9 Å². The summed E-state index contributed by atoms with van der Waals surface area (Å²) in [5, 5.41) is 3.21. The molecule has 1 fully saturated rings. The van der Waals surface area contributed by atoms with Crippen molar-refractivity contribution in [1.29, 1.82) is 0 Å². The van der Waals surface area contributed by atoms with E-state index in [1.165, 1.54) is 8.61 Å². The van der Waals surface area contributed by atoms with Crippen LogP contribution in [0.2, 0.25) is 0 Å². The number of pyridine rings is 2. The molecule has 0 aromatic carbocycles. The molecule has 25 heavy (non-hydrogen) atoms. The van der Waals surface area contributed by atoms with Crippen molar-refractivity contribution in [1.82, 2.24) is 18.6 Å². The molecule has 3 rings (SSSR count). The van der Waals surface area contributed by atoms with Gasteiger partial charge in [-0.15, -0.1) is 0 Å². The minimum Gasteiger partial charge on any atom is -0.325 e. The molecule has 1 unspecified atom stereocenters. The highest BCUT2D eigenvalue weighted by molar-refractivity contribution is 7.86. The van der Waals surface area contributed by atoms with Crippen LogP contribution in [0.5, 0.6) is 0 Å². The topological polar surface area (TPSA) is 78.4 Å². The van der Waals surface area contributed by atoms with E-state index >= 15 is 0 Å². The second kappa shape index (κ2) is 7.07. The molecule has 1 aliphatic rings. The Morgan fingerprint density at radius 3 is 2.76 bits per heavy atom. The lowest BCUT2D eigenvalue weighted by atomic mass is 10.1. The number of nitrogens with zero attached hydrogens (tertiary/aromatic N) is 4. The van der Waals surface area contributed by atoms with E-state index in [1.807, 2.05) is 37.3 Å². The van der Waals surface area contributed by atoms with Crippen LogP contribution in [0.3, 0.4) is 0 Å². The molecule has 8 heteroatoms. The van der Waals surface area contributed by atoms with E-state index in [-0.39, 0.29) is 6.04 Å². The lowest BCUT2D eigenvalue weighted by Gasteiger charge is -2.26. The number of aryl methyl sites for hydroxylation is 1. The van der Waals surface area contributed by atoms with Crippen LogP contribution in [0.4, 0.5) is 11.6 Å². The maximum atomic E-state index is 12.5. The first kappa shape index (κ1) is 17.8. The summed E-state index contributed by atoms with van der Waals surface area (Å²) >= 11 is 0. The molecular weight excluding hydrogens is 338 g/mol. The molecule has 2 aromatic rings. The Balaban J connectivity index is 1.87. The van der Waals surface area contributed by atoms with Gasteiger partial charge in [0.1, 0.15) is 11.6 Å². The molecule has 0 aliphatic carbocycles. The zero-order chi connectivity index (χ0) is 18.0. The Morgan fingerprint density at radius 2 is 2.04 bits per heavy atom. The minimum atomic E-state index is -3.46. The molecule has 0 spiro atoms. The van der Waals surface area contributed by atoms with Crippen LogP contribution in [0.25, 0.3) is 0 Å². The average molecular weight is 361 g/mol. The standard InChI is InChI=1S/C17H23N5O2S/c1-13-7-5-11-18-17(13)20-16-10-4-8-14(19-16)15-9-6-12-22(15)25(23,24)21(2)3/h4-5,7-8,10-11,15H,6,9,12H2,1-3H3,(H,18,19,20). The largest absolute Gasteiger partial charge is 0.325 e. The summed E-state index contributed by atoms with van der Waals surface area (Å²) in [6.45, 7) is 2.49. The van der Waals surface area contributed by atoms with Gasteiger partial charge in [-0.05, 0) is 43.5 Å². The van der Waals surface area contributed by atoms with Crippen molar-refractivity contribution in [2.24, 2.45) is 0 Å². The van der Waals surface area contributed by atoms with Crippen LogP contribution in [0.1, 0.15) is 30.1 Å². The van der Waals surface area contributed by atoms with Gasteiger partial charge in [-0.2, -0.15) is 17.0 Å². The molecule has 1 N–H and O–H groups in total. The maximum absolute atomic E-state index is 12.5. The number of aromatic nitrogens is 2. The van der Waals surface area contributed by atoms with Crippen LogP contribution < -0.4 is 5.32 Å². The van der Waals surface area contributed by atoms with E-state index in [2.05, 4.69) is 15.3 Å². The molecule has 134 valence electrons. The Labute approximate surface area is 148 Å². The minimum absolute atomic E-state index is 0.237. The summed E-state index contributed by atoms with van der Waals surface area (Å²) in [6, 6.07) is 9.25. The molecule has 0 radical (unpaired) electrons. The second-order valence-electron chi connectivity index (χ2n) is 6.30. The fourth-order valence-corrected chi connectivity index (χ4v) is 4.28. The van der Waals surface area contributed by atoms with E-state index in [1.54, 1.807) is 20.3 Å². The lowest BCUT2D eigenvalue weighted by molar-refractivity contribution is 0.358. The molecule has 1 aliphatic heterocycles. The predicted octanol–water partition coefficient (Wildman–Crippen LogP) is 2.47. The van der Waals surface area contributed by atoms with E-state index < -0.39 is 10.2 Å². The summed E-state index contributed by atoms with van der Waals surface area (Å²) in [5.74, 6) is 1.41. The zero-order valence-corrected chi connectivity index (χ0v) is 15.5. The number of anilines is 2. The fraction of sp³-hybridized carbons (Fsp3) is 0.412. The average Bonchev–Trinajstić information content (AvgIpc) is 3.07. The molecule has 0 bridgehead atoms.